The first kappa shape index (κ1) is 34.0. The molecule has 0 saturated heterocycles. The number of rotatable bonds is 7. The van der Waals surface area contributed by atoms with E-state index in [1.165, 1.54) is 10.6 Å². The summed E-state index contributed by atoms with van der Waals surface area (Å²) in [4.78, 5) is 28.4. The molecule has 0 aliphatic rings. The fourth-order valence-electron chi connectivity index (χ4n) is 4.05. The number of hydrogen-bond acceptors (Lipinski definition) is 5. The molecule has 42 heavy (non-hydrogen) atoms. The molecule has 1 unspecified atom stereocenters. The number of aromatic nitrogens is 4. The summed E-state index contributed by atoms with van der Waals surface area (Å²) in [6.45, 7) is 9.95. The van der Waals surface area contributed by atoms with Gasteiger partial charge in [0.2, 0.25) is 0 Å². The number of aryl methyl sites for hydroxylation is 1. The Bertz CT molecular complexity index is 1560. The van der Waals surface area contributed by atoms with Gasteiger partial charge < -0.3 is 9.88 Å². The molecule has 7 nitrogen and oxygen atoms in total. The summed E-state index contributed by atoms with van der Waals surface area (Å²) in [5, 5.41) is 8.85. The van der Waals surface area contributed by atoms with Gasteiger partial charge in [-0.1, -0.05) is 33.8 Å². The lowest BCUT2D eigenvalue weighted by atomic mass is 10.1. The van der Waals surface area contributed by atoms with Crippen molar-refractivity contribution < 1.29 is 26.3 Å². The fourth-order valence-corrected chi connectivity index (χ4v) is 4.05. The largest absolute Gasteiger partial charge is 0.423 e. The number of nitrogens with zero attached hydrogens (tertiary/aromatic N) is 3. The predicted octanol–water partition coefficient (Wildman–Crippen LogP) is 7.52. The van der Waals surface area contributed by atoms with Gasteiger partial charge in [0, 0.05) is 35.9 Å². The molecule has 1 atom stereocenters. The number of fused-ring (bicyclic) bond motifs is 1. The third kappa shape index (κ3) is 8.43. The molecule has 3 heterocycles. The summed E-state index contributed by atoms with van der Waals surface area (Å²) in [7, 11) is 0. The van der Waals surface area contributed by atoms with Crippen LogP contribution in [0.1, 0.15) is 58.6 Å². The molecule has 4 rings (SSSR count). The Morgan fingerprint density at radius 2 is 1.62 bits per heavy atom. The Labute approximate surface area is 238 Å². The molecule has 0 radical (unpaired) electrons. The topological polar surface area (TPSA) is 92.7 Å². The highest BCUT2D eigenvalue weighted by molar-refractivity contribution is 5.86. The van der Waals surface area contributed by atoms with Gasteiger partial charge in [0.05, 0.1) is 23.1 Å². The van der Waals surface area contributed by atoms with Crippen molar-refractivity contribution in [2.75, 3.05) is 5.32 Å². The molecule has 3 aromatic heterocycles. The average molecular weight is 598 g/mol. The summed E-state index contributed by atoms with van der Waals surface area (Å²) in [6, 6.07) is 8.29. The van der Waals surface area contributed by atoms with Crippen LogP contribution in [0, 0.1) is 0 Å². The maximum Gasteiger partial charge on any atom is 0.423 e. The number of hydrogen-bond donors (Lipinski definition) is 2. The lowest BCUT2D eigenvalue weighted by Crippen LogP contribution is -2.27. The van der Waals surface area contributed by atoms with E-state index in [9.17, 15) is 35.9 Å². The lowest BCUT2D eigenvalue weighted by molar-refractivity contribution is -0.138. The molecule has 0 fully saturated rings. The van der Waals surface area contributed by atoms with E-state index in [2.05, 4.69) is 15.4 Å². The van der Waals surface area contributed by atoms with Crippen LogP contribution in [-0.2, 0) is 18.9 Å². The number of alkyl halides is 6. The van der Waals surface area contributed by atoms with Gasteiger partial charge in [-0.05, 0) is 55.5 Å². The number of benzene rings is 1. The molecule has 1 aromatic carbocycles. The summed E-state index contributed by atoms with van der Waals surface area (Å²) in [6.07, 6.45) is -5.25. The smallest absolute Gasteiger partial charge is 0.381 e. The van der Waals surface area contributed by atoms with Crippen LogP contribution in [0.25, 0.3) is 22.0 Å². The SMILES string of the molecule is CC.CC.CC(CCCn1ccc2cc(-c3ccc(C(F)(F)F)cn3)ccc2c1=O)Nc1cn[nH]c(=O)c1C(F)(F)F. The number of aromatic amines is 1. The van der Waals surface area contributed by atoms with Gasteiger partial charge in [-0.25, -0.2) is 5.10 Å². The highest BCUT2D eigenvalue weighted by Crippen LogP contribution is 2.32. The molecule has 0 saturated carbocycles. The lowest BCUT2D eigenvalue weighted by Gasteiger charge is -2.18. The van der Waals surface area contributed by atoms with Crippen LogP contribution in [0.15, 0.2) is 64.6 Å². The van der Waals surface area contributed by atoms with Crippen LogP contribution in [0.5, 0.6) is 0 Å². The normalized spacial score (nSPS) is 12.1. The minimum absolute atomic E-state index is 0.284. The molecule has 0 amide bonds. The third-order valence-electron chi connectivity index (χ3n) is 5.94. The molecule has 0 spiro atoms. The monoisotopic (exact) mass is 597 g/mol. The number of halogens is 6. The maximum atomic E-state index is 13.2. The number of anilines is 1. The van der Waals surface area contributed by atoms with Crippen molar-refractivity contribution in [3.05, 3.63) is 86.8 Å². The summed E-state index contributed by atoms with van der Waals surface area (Å²) in [5.41, 5.74) is -3.37. The molecule has 228 valence electrons. The van der Waals surface area contributed by atoms with Crippen LogP contribution >= 0.6 is 0 Å². The molecule has 0 bridgehead atoms. The fraction of sp³-hybridized carbons (Fsp3) is 0.379. The molecule has 0 aliphatic carbocycles. The first-order valence-electron chi connectivity index (χ1n) is 13.4. The minimum atomic E-state index is -4.85. The van der Waals surface area contributed by atoms with Crippen LogP contribution in [0.4, 0.5) is 32.0 Å². The van der Waals surface area contributed by atoms with Crippen molar-refractivity contribution in [3.63, 3.8) is 0 Å². The van der Waals surface area contributed by atoms with Crippen molar-refractivity contribution in [2.24, 2.45) is 0 Å². The predicted molar refractivity (Wildman–Crippen MR) is 151 cm³/mol. The Hall–Kier alpha value is -4.16. The number of pyridine rings is 2. The second kappa shape index (κ2) is 14.6. The molecule has 0 aliphatic heterocycles. The first-order chi connectivity index (χ1) is 19.8. The molecular formula is C29H33F6N5O2. The number of H-pyrrole nitrogens is 1. The maximum absolute atomic E-state index is 13.2. The van der Waals surface area contributed by atoms with Gasteiger partial charge in [0.15, 0.2) is 0 Å². The Morgan fingerprint density at radius 1 is 0.929 bits per heavy atom. The zero-order valence-corrected chi connectivity index (χ0v) is 23.8. The van der Waals surface area contributed by atoms with Crippen molar-refractivity contribution in [2.45, 2.75) is 72.4 Å². The minimum Gasteiger partial charge on any atom is -0.381 e. The molecule has 13 heteroatoms. The van der Waals surface area contributed by atoms with E-state index in [0.717, 1.165) is 18.5 Å². The van der Waals surface area contributed by atoms with E-state index >= 15 is 0 Å². The van der Waals surface area contributed by atoms with Crippen LogP contribution < -0.4 is 16.4 Å². The Kier molecular flexibility index (Phi) is 11.9. The van der Waals surface area contributed by atoms with Crippen molar-refractivity contribution in [3.8, 4) is 11.3 Å². The zero-order chi connectivity index (χ0) is 31.7. The zero-order valence-electron chi connectivity index (χ0n) is 23.8. The van der Waals surface area contributed by atoms with E-state index in [1.54, 1.807) is 42.5 Å². The summed E-state index contributed by atoms with van der Waals surface area (Å²) >= 11 is 0. The van der Waals surface area contributed by atoms with Crippen molar-refractivity contribution in [1.29, 1.82) is 0 Å². The van der Waals surface area contributed by atoms with Gasteiger partial charge in [0.25, 0.3) is 11.1 Å². The quantitative estimate of drug-likeness (QED) is 0.215. The van der Waals surface area contributed by atoms with E-state index in [0.29, 0.717) is 41.4 Å². The standard InChI is InChI=1S/C25H21F6N5O2.2C2H6/c1-14(34-20-13-33-35-22(37)21(20)25(29,30)31)3-2-9-36-10-8-15-11-16(4-6-18(15)23(36)38)19-7-5-17(12-32-19)24(26,27)28;2*1-2/h4-8,10-14H,2-3,9H2,1H3,(H2,34,35,37);2*1-2H3. The van der Waals surface area contributed by atoms with Gasteiger partial charge in [-0.3, -0.25) is 14.6 Å². The van der Waals surface area contributed by atoms with Gasteiger partial charge >= 0.3 is 12.4 Å². The highest BCUT2D eigenvalue weighted by Gasteiger charge is 2.37. The van der Waals surface area contributed by atoms with Gasteiger partial charge in [-0.2, -0.15) is 31.4 Å². The summed E-state index contributed by atoms with van der Waals surface area (Å²) < 4.78 is 79.5. The second-order valence-corrected chi connectivity index (χ2v) is 8.72. The first-order valence-corrected chi connectivity index (χ1v) is 13.4. The van der Waals surface area contributed by atoms with E-state index in [1.807, 2.05) is 27.7 Å². The van der Waals surface area contributed by atoms with Gasteiger partial charge in [0.1, 0.15) is 5.56 Å². The highest BCUT2D eigenvalue weighted by atomic mass is 19.4. The Morgan fingerprint density at radius 3 is 2.21 bits per heavy atom. The number of nitrogens with one attached hydrogen (secondary N) is 2. The summed E-state index contributed by atoms with van der Waals surface area (Å²) in [5.74, 6) is 0. The average Bonchev–Trinajstić information content (AvgIpc) is 2.95. The van der Waals surface area contributed by atoms with Gasteiger partial charge in [-0.15, -0.1) is 0 Å². The second-order valence-electron chi connectivity index (χ2n) is 8.72. The molecular weight excluding hydrogens is 564 g/mol. The van der Waals surface area contributed by atoms with E-state index < -0.39 is 40.8 Å². The van der Waals surface area contributed by atoms with Crippen molar-refractivity contribution >= 4 is 16.5 Å². The van der Waals surface area contributed by atoms with Crippen molar-refractivity contribution in [1.82, 2.24) is 19.7 Å². The third-order valence-corrected chi connectivity index (χ3v) is 5.94. The molecule has 4 aromatic rings. The molecule has 2 N–H and O–H groups in total. The Balaban J connectivity index is 0.00000148. The van der Waals surface area contributed by atoms with E-state index in [4.69, 9.17) is 0 Å². The van der Waals surface area contributed by atoms with E-state index in [-0.39, 0.29) is 5.56 Å². The van der Waals surface area contributed by atoms with Crippen LogP contribution in [0.2, 0.25) is 0 Å². The van der Waals surface area contributed by atoms with Crippen LogP contribution in [-0.4, -0.2) is 25.8 Å². The van der Waals surface area contributed by atoms with Crippen LogP contribution in [0.3, 0.4) is 0 Å².